The standard InChI is InChI=1S/C14H18N4S2/c15-7-5-11-3-1-9-17-13(11)19-20-14-12(6-8-16)4-2-10-18-14/h1-4,9-10H,5-8,15-16H2. The van der Waals surface area contributed by atoms with Gasteiger partial charge in [-0.15, -0.1) is 0 Å². The Morgan fingerprint density at radius 1 is 0.800 bits per heavy atom. The fourth-order valence-electron chi connectivity index (χ4n) is 1.77. The molecule has 20 heavy (non-hydrogen) atoms. The zero-order valence-electron chi connectivity index (χ0n) is 11.2. The highest BCUT2D eigenvalue weighted by atomic mass is 33.1. The average Bonchev–Trinajstić information content (AvgIpc) is 2.48. The van der Waals surface area contributed by atoms with E-state index in [-0.39, 0.29) is 0 Å². The van der Waals surface area contributed by atoms with Crippen LogP contribution in [-0.4, -0.2) is 23.1 Å². The van der Waals surface area contributed by atoms with E-state index in [1.165, 1.54) is 11.1 Å². The Kier molecular flexibility index (Phi) is 6.32. The summed E-state index contributed by atoms with van der Waals surface area (Å²) in [6.07, 6.45) is 5.30. The van der Waals surface area contributed by atoms with Crippen molar-refractivity contribution in [2.75, 3.05) is 13.1 Å². The molecule has 0 atom stereocenters. The lowest BCUT2D eigenvalue weighted by Crippen LogP contribution is -2.04. The first-order valence-corrected chi connectivity index (χ1v) is 8.62. The van der Waals surface area contributed by atoms with Crippen molar-refractivity contribution in [3.05, 3.63) is 47.8 Å². The SMILES string of the molecule is NCCc1cccnc1SSc1ncccc1CCN. The average molecular weight is 306 g/mol. The normalized spacial score (nSPS) is 10.7. The highest BCUT2D eigenvalue weighted by molar-refractivity contribution is 8.76. The molecule has 0 aromatic carbocycles. The minimum absolute atomic E-state index is 0.631. The Morgan fingerprint density at radius 2 is 1.25 bits per heavy atom. The summed E-state index contributed by atoms with van der Waals surface area (Å²) >= 11 is 0. The predicted octanol–water partition coefficient (Wildman–Crippen LogP) is 2.28. The summed E-state index contributed by atoms with van der Waals surface area (Å²) in [5, 5.41) is 2.01. The van der Waals surface area contributed by atoms with E-state index < -0.39 is 0 Å². The third kappa shape index (κ3) is 4.21. The van der Waals surface area contributed by atoms with Gasteiger partial charge in [-0.25, -0.2) is 9.97 Å². The first-order chi connectivity index (χ1) is 9.85. The van der Waals surface area contributed by atoms with Crippen LogP contribution in [0.5, 0.6) is 0 Å². The Bertz CT molecular complexity index is 499. The van der Waals surface area contributed by atoms with Crippen molar-refractivity contribution in [1.29, 1.82) is 0 Å². The summed E-state index contributed by atoms with van der Waals surface area (Å²) < 4.78 is 0. The zero-order chi connectivity index (χ0) is 14.2. The van der Waals surface area contributed by atoms with Crippen molar-refractivity contribution < 1.29 is 0 Å². The maximum Gasteiger partial charge on any atom is 0.110 e. The van der Waals surface area contributed by atoms with Crippen molar-refractivity contribution in [1.82, 2.24) is 9.97 Å². The van der Waals surface area contributed by atoms with Gasteiger partial charge in [0.15, 0.2) is 0 Å². The molecule has 0 unspecified atom stereocenters. The molecule has 0 radical (unpaired) electrons. The van der Waals surface area contributed by atoms with Gasteiger partial charge >= 0.3 is 0 Å². The summed E-state index contributed by atoms with van der Waals surface area (Å²) in [5.74, 6) is 0. The first kappa shape index (κ1) is 15.3. The lowest BCUT2D eigenvalue weighted by atomic mass is 10.2. The smallest absolute Gasteiger partial charge is 0.110 e. The lowest BCUT2D eigenvalue weighted by molar-refractivity contribution is 0.911. The fraction of sp³-hybridized carbons (Fsp3) is 0.286. The molecule has 0 spiro atoms. The molecule has 0 bridgehead atoms. The summed E-state index contributed by atoms with van der Waals surface area (Å²) in [6, 6.07) is 8.03. The largest absolute Gasteiger partial charge is 0.330 e. The van der Waals surface area contributed by atoms with Gasteiger partial charge in [0.1, 0.15) is 10.1 Å². The zero-order valence-corrected chi connectivity index (χ0v) is 12.8. The molecule has 4 N–H and O–H groups in total. The molecule has 4 nitrogen and oxygen atoms in total. The Balaban J connectivity index is 2.09. The molecule has 2 aromatic heterocycles. The molecule has 0 aliphatic carbocycles. The molecule has 0 saturated carbocycles. The number of rotatable bonds is 7. The second-order valence-electron chi connectivity index (χ2n) is 4.18. The molecule has 0 aliphatic rings. The lowest BCUT2D eigenvalue weighted by Gasteiger charge is -2.08. The summed E-state index contributed by atoms with van der Waals surface area (Å²) in [6.45, 7) is 1.26. The van der Waals surface area contributed by atoms with Crippen LogP contribution in [0, 0.1) is 0 Å². The molecule has 2 aromatic rings. The van der Waals surface area contributed by atoms with Crippen molar-refractivity contribution in [3.8, 4) is 0 Å². The van der Waals surface area contributed by atoms with Crippen LogP contribution in [0.2, 0.25) is 0 Å². The number of nitrogens with two attached hydrogens (primary N) is 2. The van der Waals surface area contributed by atoms with Gasteiger partial charge in [0.05, 0.1) is 0 Å². The van der Waals surface area contributed by atoms with E-state index in [9.17, 15) is 0 Å². The van der Waals surface area contributed by atoms with Gasteiger partial charge in [0, 0.05) is 12.4 Å². The third-order valence-corrected chi connectivity index (χ3v) is 5.06. The predicted molar refractivity (Wildman–Crippen MR) is 85.7 cm³/mol. The van der Waals surface area contributed by atoms with Crippen molar-refractivity contribution >= 4 is 21.6 Å². The molecular weight excluding hydrogens is 288 g/mol. The van der Waals surface area contributed by atoms with Crippen LogP contribution in [-0.2, 0) is 12.8 Å². The van der Waals surface area contributed by atoms with Crippen molar-refractivity contribution in [2.24, 2.45) is 11.5 Å². The van der Waals surface area contributed by atoms with Crippen LogP contribution in [0.1, 0.15) is 11.1 Å². The monoisotopic (exact) mass is 306 g/mol. The van der Waals surface area contributed by atoms with E-state index in [2.05, 4.69) is 22.1 Å². The first-order valence-electron chi connectivity index (χ1n) is 6.47. The minimum Gasteiger partial charge on any atom is -0.330 e. The summed E-state index contributed by atoms with van der Waals surface area (Å²) in [5.41, 5.74) is 13.6. The third-order valence-electron chi connectivity index (χ3n) is 2.73. The number of hydrogen-bond acceptors (Lipinski definition) is 6. The Morgan fingerprint density at radius 3 is 1.65 bits per heavy atom. The van der Waals surface area contributed by atoms with Crippen LogP contribution >= 0.6 is 21.6 Å². The van der Waals surface area contributed by atoms with Gasteiger partial charge in [-0.1, -0.05) is 12.1 Å². The molecule has 0 amide bonds. The number of pyridine rings is 2. The van der Waals surface area contributed by atoms with Gasteiger partial charge in [-0.3, -0.25) is 0 Å². The van der Waals surface area contributed by atoms with E-state index >= 15 is 0 Å². The quantitative estimate of drug-likeness (QED) is 0.764. The highest BCUT2D eigenvalue weighted by Crippen LogP contribution is 2.38. The second kappa shape index (κ2) is 8.26. The van der Waals surface area contributed by atoms with Gasteiger partial charge < -0.3 is 11.5 Å². The number of hydrogen-bond donors (Lipinski definition) is 2. The fourth-order valence-corrected chi connectivity index (χ4v) is 4.06. The topological polar surface area (TPSA) is 77.8 Å². The van der Waals surface area contributed by atoms with Crippen LogP contribution in [0.3, 0.4) is 0 Å². The second-order valence-corrected chi connectivity index (χ2v) is 6.29. The molecule has 2 rings (SSSR count). The van der Waals surface area contributed by atoms with Crippen LogP contribution in [0.4, 0.5) is 0 Å². The molecule has 0 fully saturated rings. The molecule has 6 heteroatoms. The molecule has 106 valence electrons. The number of aromatic nitrogens is 2. The van der Waals surface area contributed by atoms with Crippen LogP contribution in [0.15, 0.2) is 46.7 Å². The summed E-state index contributed by atoms with van der Waals surface area (Å²) in [4.78, 5) is 8.84. The molecule has 0 aliphatic heterocycles. The van der Waals surface area contributed by atoms with E-state index in [4.69, 9.17) is 11.5 Å². The van der Waals surface area contributed by atoms with E-state index in [1.807, 2.05) is 24.5 Å². The Labute approximate surface area is 127 Å². The van der Waals surface area contributed by atoms with E-state index in [0.29, 0.717) is 13.1 Å². The van der Waals surface area contributed by atoms with E-state index in [0.717, 1.165) is 22.9 Å². The maximum absolute atomic E-state index is 5.63. The van der Waals surface area contributed by atoms with Gasteiger partial charge in [0.2, 0.25) is 0 Å². The highest BCUT2D eigenvalue weighted by Gasteiger charge is 2.08. The van der Waals surface area contributed by atoms with Crippen molar-refractivity contribution in [2.45, 2.75) is 22.9 Å². The van der Waals surface area contributed by atoms with Gasteiger partial charge in [0.25, 0.3) is 0 Å². The molecule has 0 saturated heterocycles. The van der Waals surface area contributed by atoms with Gasteiger partial charge in [-0.2, -0.15) is 0 Å². The Hall–Kier alpha value is -1.08. The molecule has 2 heterocycles. The van der Waals surface area contributed by atoms with Crippen molar-refractivity contribution in [3.63, 3.8) is 0 Å². The number of nitrogens with zero attached hydrogens (tertiary/aromatic N) is 2. The summed E-state index contributed by atoms with van der Waals surface area (Å²) in [7, 11) is 3.25. The maximum atomic E-state index is 5.63. The minimum atomic E-state index is 0.631. The van der Waals surface area contributed by atoms with E-state index in [1.54, 1.807) is 21.6 Å². The van der Waals surface area contributed by atoms with Gasteiger partial charge in [-0.05, 0) is 70.8 Å². The van der Waals surface area contributed by atoms with Crippen LogP contribution < -0.4 is 11.5 Å². The molecular formula is C14H18N4S2. The van der Waals surface area contributed by atoms with Crippen LogP contribution in [0.25, 0.3) is 0 Å².